The van der Waals surface area contributed by atoms with Crippen molar-refractivity contribution >= 4 is 0 Å². The van der Waals surface area contributed by atoms with Gasteiger partial charge in [0, 0.05) is 0 Å². The zero-order valence-corrected chi connectivity index (χ0v) is 16.4. The molecule has 3 rings (SSSR count). The van der Waals surface area contributed by atoms with E-state index in [2.05, 4.69) is 38.1 Å². The van der Waals surface area contributed by atoms with Crippen LogP contribution in [0.2, 0.25) is 0 Å². The summed E-state index contributed by atoms with van der Waals surface area (Å²) in [6.07, 6.45) is 13.1. The SMILES string of the molecule is CC1CCC(c2ccc(CCCCC3CCC(C)C(F)C3)cc2)CC1. The van der Waals surface area contributed by atoms with Gasteiger partial charge in [0.1, 0.15) is 6.17 Å². The molecule has 0 N–H and O–H groups in total. The molecule has 0 aliphatic heterocycles. The van der Waals surface area contributed by atoms with Gasteiger partial charge in [-0.3, -0.25) is 0 Å². The molecule has 0 amide bonds. The summed E-state index contributed by atoms with van der Waals surface area (Å²) in [5.41, 5.74) is 3.04. The van der Waals surface area contributed by atoms with Gasteiger partial charge >= 0.3 is 0 Å². The average molecular weight is 345 g/mol. The highest BCUT2D eigenvalue weighted by molar-refractivity contribution is 5.25. The van der Waals surface area contributed by atoms with Crippen LogP contribution in [-0.4, -0.2) is 6.17 Å². The van der Waals surface area contributed by atoms with Gasteiger partial charge in [0.2, 0.25) is 0 Å². The molecule has 2 aliphatic rings. The Balaban J connectivity index is 1.36. The molecule has 140 valence electrons. The van der Waals surface area contributed by atoms with E-state index in [-0.39, 0.29) is 0 Å². The van der Waals surface area contributed by atoms with Crippen molar-refractivity contribution in [3.05, 3.63) is 35.4 Å². The minimum Gasteiger partial charge on any atom is -0.247 e. The topological polar surface area (TPSA) is 0 Å². The highest BCUT2D eigenvalue weighted by atomic mass is 19.1. The van der Waals surface area contributed by atoms with Crippen LogP contribution in [0.3, 0.4) is 0 Å². The van der Waals surface area contributed by atoms with Crippen LogP contribution < -0.4 is 0 Å². The maximum absolute atomic E-state index is 13.8. The molecule has 3 atom stereocenters. The smallest absolute Gasteiger partial charge is 0.103 e. The van der Waals surface area contributed by atoms with Crippen molar-refractivity contribution in [2.45, 2.75) is 96.6 Å². The molecular formula is C24H37F. The predicted molar refractivity (Wildman–Crippen MR) is 106 cm³/mol. The van der Waals surface area contributed by atoms with E-state index in [0.717, 1.165) is 24.7 Å². The molecule has 1 aromatic carbocycles. The van der Waals surface area contributed by atoms with Crippen molar-refractivity contribution in [2.24, 2.45) is 17.8 Å². The van der Waals surface area contributed by atoms with E-state index in [9.17, 15) is 4.39 Å². The Morgan fingerprint density at radius 1 is 0.880 bits per heavy atom. The molecule has 25 heavy (non-hydrogen) atoms. The van der Waals surface area contributed by atoms with E-state index in [0.29, 0.717) is 11.8 Å². The van der Waals surface area contributed by atoms with E-state index in [1.807, 2.05) is 0 Å². The quantitative estimate of drug-likeness (QED) is 0.470. The number of rotatable bonds is 6. The van der Waals surface area contributed by atoms with Gasteiger partial charge in [-0.2, -0.15) is 0 Å². The first kappa shape index (κ1) is 18.9. The van der Waals surface area contributed by atoms with Crippen LogP contribution in [0, 0.1) is 17.8 Å². The second-order valence-electron chi connectivity index (χ2n) is 9.12. The van der Waals surface area contributed by atoms with Crippen LogP contribution in [0.15, 0.2) is 24.3 Å². The number of benzene rings is 1. The van der Waals surface area contributed by atoms with Crippen LogP contribution in [0.25, 0.3) is 0 Å². The van der Waals surface area contributed by atoms with Gasteiger partial charge in [0.05, 0.1) is 0 Å². The van der Waals surface area contributed by atoms with Crippen LogP contribution in [-0.2, 0) is 6.42 Å². The Morgan fingerprint density at radius 2 is 1.60 bits per heavy atom. The van der Waals surface area contributed by atoms with Crippen LogP contribution in [0.1, 0.15) is 95.1 Å². The lowest BCUT2D eigenvalue weighted by molar-refractivity contribution is 0.132. The summed E-state index contributed by atoms with van der Waals surface area (Å²) in [6, 6.07) is 9.47. The molecule has 1 heteroatoms. The first-order valence-corrected chi connectivity index (χ1v) is 10.8. The first-order valence-electron chi connectivity index (χ1n) is 10.8. The lowest BCUT2D eigenvalue weighted by Gasteiger charge is -2.29. The van der Waals surface area contributed by atoms with E-state index in [4.69, 9.17) is 0 Å². The molecule has 0 aromatic heterocycles. The van der Waals surface area contributed by atoms with Crippen molar-refractivity contribution in [3.8, 4) is 0 Å². The normalized spacial score (nSPS) is 33.3. The van der Waals surface area contributed by atoms with E-state index in [1.54, 1.807) is 5.56 Å². The van der Waals surface area contributed by atoms with Crippen LogP contribution in [0.4, 0.5) is 4.39 Å². The van der Waals surface area contributed by atoms with Crippen LogP contribution in [0.5, 0.6) is 0 Å². The molecule has 0 nitrogen and oxygen atoms in total. The molecule has 0 bridgehead atoms. The number of hydrogen-bond donors (Lipinski definition) is 0. The Hall–Kier alpha value is -0.850. The predicted octanol–water partition coefficient (Wildman–Crippen LogP) is 7.47. The van der Waals surface area contributed by atoms with Gasteiger partial charge in [-0.05, 0) is 79.7 Å². The fraction of sp³-hybridized carbons (Fsp3) is 0.750. The third-order valence-electron chi connectivity index (χ3n) is 7.00. The molecule has 0 spiro atoms. The highest BCUT2D eigenvalue weighted by Crippen LogP contribution is 2.36. The zero-order valence-electron chi connectivity index (χ0n) is 16.4. The Bertz CT molecular complexity index is 497. The summed E-state index contributed by atoms with van der Waals surface area (Å²) in [7, 11) is 0. The largest absolute Gasteiger partial charge is 0.247 e. The van der Waals surface area contributed by atoms with Crippen molar-refractivity contribution in [1.82, 2.24) is 0 Å². The standard InChI is InChI=1S/C24H37F/c1-18-7-13-22(14-8-18)23-15-11-20(12-16-23)5-3-4-6-21-10-9-19(2)24(25)17-21/h11-12,15-16,18-19,21-22,24H,3-10,13-14,17H2,1-2H3. The molecule has 1 aromatic rings. The lowest BCUT2D eigenvalue weighted by atomic mass is 9.79. The van der Waals surface area contributed by atoms with Crippen molar-refractivity contribution in [1.29, 1.82) is 0 Å². The fourth-order valence-corrected chi connectivity index (χ4v) is 4.92. The van der Waals surface area contributed by atoms with Gasteiger partial charge in [-0.15, -0.1) is 0 Å². The summed E-state index contributed by atoms with van der Waals surface area (Å²) in [4.78, 5) is 0. The van der Waals surface area contributed by atoms with E-state index in [1.165, 1.54) is 63.4 Å². The van der Waals surface area contributed by atoms with Gasteiger partial charge in [0.25, 0.3) is 0 Å². The summed E-state index contributed by atoms with van der Waals surface area (Å²) in [5.74, 6) is 2.66. The molecule has 2 fully saturated rings. The van der Waals surface area contributed by atoms with E-state index >= 15 is 0 Å². The minimum atomic E-state index is -0.547. The van der Waals surface area contributed by atoms with Gasteiger partial charge in [-0.1, -0.05) is 63.8 Å². The van der Waals surface area contributed by atoms with E-state index < -0.39 is 6.17 Å². The minimum absolute atomic E-state index is 0.294. The number of halogens is 1. The third kappa shape index (κ3) is 5.56. The number of alkyl halides is 1. The number of hydrogen-bond acceptors (Lipinski definition) is 0. The van der Waals surface area contributed by atoms with Crippen LogP contribution >= 0.6 is 0 Å². The first-order chi connectivity index (χ1) is 12.1. The molecule has 0 heterocycles. The monoisotopic (exact) mass is 344 g/mol. The summed E-state index contributed by atoms with van der Waals surface area (Å²) in [6.45, 7) is 4.46. The Labute approximate surface area is 154 Å². The molecular weight excluding hydrogens is 307 g/mol. The molecule has 0 radical (unpaired) electrons. The zero-order chi connectivity index (χ0) is 17.6. The molecule has 2 saturated carbocycles. The van der Waals surface area contributed by atoms with Crippen molar-refractivity contribution < 1.29 is 4.39 Å². The number of aryl methyl sites for hydroxylation is 1. The van der Waals surface area contributed by atoms with Gasteiger partial charge in [0.15, 0.2) is 0 Å². The summed E-state index contributed by atoms with van der Waals surface area (Å²) >= 11 is 0. The van der Waals surface area contributed by atoms with Gasteiger partial charge in [-0.25, -0.2) is 4.39 Å². The Morgan fingerprint density at radius 3 is 2.28 bits per heavy atom. The average Bonchev–Trinajstić information content (AvgIpc) is 2.63. The molecule has 2 aliphatic carbocycles. The second kappa shape index (κ2) is 9.19. The van der Waals surface area contributed by atoms with Crippen molar-refractivity contribution in [2.75, 3.05) is 0 Å². The highest BCUT2D eigenvalue weighted by Gasteiger charge is 2.26. The van der Waals surface area contributed by atoms with Gasteiger partial charge < -0.3 is 0 Å². The Kier molecular flexibility index (Phi) is 6.96. The fourth-order valence-electron chi connectivity index (χ4n) is 4.92. The summed E-state index contributed by atoms with van der Waals surface area (Å²) < 4.78 is 13.8. The maximum Gasteiger partial charge on any atom is 0.103 e. The molecule has 0 saturated heterocycles. The lowest BCUT2D eigenvalue weighted by Crippen LogP contribution is -2.24. The number of unbranched alkanes of at least 4 members (excludes halogenated alkanes) is 1. The summed E-state index contributed by atoms with van der Waals surface area (Å²) in [5, 5.41) is 0. The molecule has 3 unspecified atom stereocenters. The third-order valence-corrected chi connectivity index (χ3v) is 7.00. The maximum atomic E-state index is 13.8. The second-order valence-corrected chi connectivity index (χ2v) is 9.12. The van der Waals surface area contributed by atoms with Crippen molar-refractivity contribution in [3.63, 3.8) is 0 Å².